The second kappa shape index (κ2) is 5.57. The molecule has 2 rings (SSSR count). The highest BCUT2D eigenvalue weighted by molar-refractivity contribution is 6.28. The molecule has 0 radical (unpaired) electrons. The van der Waals surface area contributed by atoms with Crippen LogP contribution in [0.1, 0.15) is 18.5 Å². The van der Waals surface area contributed by atoms with Crippen LogP contribution in [0.15, 0.2) is 12.3 Å². The van der Waals surface area contributed by atoms with Crippen LogP contribution in [0.3, 0.4) is 0 Å². The van der Waals surface area contributed by atoms with Crippen molar-refractivity contribution in [3.05, 3.63) is 23.2 Å². The Hall–Kier alpha value is -0.710. The summed E-state index contributed by atoms with van der Waals surface area (Å²) in [6, 6.07) is 2.53. The van der Waals surface area contributed by atoms with Crippen molar-refractivity contribution in [2.75, 3.05) is 20.1 Å². The lowest BCUT2D eigenvalue weighted by atomic mass is 10.2. The van der Waals surface area contributed by atoms with Gasteiger partial charge in [-0.1, -0.05) is 0 Å². The van der Waals surface area contributed by atoms with Crippen molar-refractivity contribution in [3.63, 3.8) is 0 Å². The van der Waals surface area contributed by atoms with E-state index in [2.05, 4.69) is 27.2 Å². The molecular weight excluding hydrogens is 224 g/mol. The van der Waals surface area contributed by atoms with Gasteiger partial charge in [-0.05, 0) is 44.1 Å². The van der Waals surface area contributed by atoms with E-state index in [1.807, 2.05) is 6.07 Å². The Labute approximate surface area is 101 Å². The summed E-state index contributed by atoms with van der Waals surface area (Å²) in [5.41, 5.74) is 0.973. The van der Waals surface area contributed by atoms with Crippen molar-refractivity contribution in [2.45, 2.75) is 25.4 Å². The van der Waals surface area contributed by atoms with Gasteiger partial charge in [-0.25, -0.2) is 9.97 Å². The second-order valence-electron chi connectivity index (χ2n) is 4.31. The number of hydrogen-bond acceptors (Lipinski definition) is 4. The topological polar surface area (TPSA) is 41.1 Å². The van der Waals surface area contributed by atoms with Gasteiger partial charge >= 0.3 is 0 Å². The van der Waals surface area contributed by atoms with Gasteiger partial charge in [0.15, 0.2) is 0 Å². The summed E-state index contributed by atoms with van der Waals surface area (Å²) in [5.74, 6) is 0. The van der Waals surface area contributed by atoms with Crippen LogP contribution in [-0.4, -0.2) is 41.0 Å². The fraction of sp³-hybridized carbons (Fsp3) is 0.636. The van der Waals surface area contributed by atoms with E-state index in [9.17, 15) is 0 Å². The number of likely N-dealkylation sites (N-methyl/N-ethyl adjacent to an activating group) is 1. The first-order chi connectivity index (χ1) is 7.74. The van der Waals surface area contributed by atoms with E-state index in [4.69, 9.17) is 11.6 Å². The Morgan fingerprint density at radius 3 is 3.19 bits per heavy atom. The van der Waals surface area contributed by atoms with E-state index in [-0.39, 0.29) is 0 Å². The van der Waals surface area contributed by atoms with E-state index in [0.29, 0.717) is 11.3 Å². The van der Waals surface area contributed by atoms with Crippen LogP contribution in [0.25, 0.3) is 0 Å². The normalized spacial score (nSPS) is 20.6. The van der Waals surface area contributed by atoms with E-state index in [1.54, 1.807) is 6.20 Å². The van der Waals surface area contributed by atoms with Crippen LogP contribution < -0.4 is 5.32 Å². The first kappa shape index (κ1) is 11.8. The maximum Gasteiger partial charge on any atom is 0.222 e. The molecule has 0 bridgehead atoms. The van der Waals surface area contributed by atoms with Crippen LogP contribution in [-0.2, 0) is 6.54 Å². The molecule has 0 aliphatic carbocycles. The number of nitrogens with one attached hydrogen (secondary N) is 1. The van der Waals surface area contributed by atoms with Gasteiger partial charge in [-0.2, -0.15) is 0 Å². The average molecular weight is 241 g/mol. The maximum absolute atomic E-state index is 5.75. The highest BCUT2D eigenvalue weighted by Crippen LogP contribution is 2.08. The molecular formula is C11H17ClN4. The van der Waals surface area contributed by atoms with Crippen LogP contribution >= 0.6 is 11.6 Å². The molecule has 1 aliphatic heterocycles. The molecule has 0 spiro atoms. The van der Waals surface area contributed by atoms with Gasteiger partial charge in [0.25, 0.3) is 0 Å². The molecule has 4 nitrogen and oxygen atoms in total. The summed E-state index contributed by atoms with van der Waals surface area (Å²) >= 11 is 5.75. The SMILES string of the molecule is CN(Cc1ccnc(Cl)n1)CC1CCCN1. The zero-order valence-electron chi connectivity index (χ0n) is 9.49. The largest absolute Gasteiger partial charge is 0.313 e. The van der Waals surface area contributed by atoms with Gasteiger partial charge in [0.1, 0.15) is 0 Å². The molecule has 5 heteroatoms. The monoisotopic (exact) mass is 240 g/mol. The summed E-state index contributed by atoms with van der Waals surface area (Å²) in [6.07, 6.45) is 4.26. The Balaban J connectivity index is 1.84. The number of halogens is 1. The molecule has 1 atom stereocenters. The van der Waals surface area contributed by atoms with Crippen molar-refractivity contribution >= 4 is 11.6 Å². The van der Waals surface area contributed by atoms with Crippen LogP contribution in [0.2, 0.25) is 5.28 Å². The van der Waals surface area contributed by atoms with Crippen molar-refractivity contribution in [3.8, 4) is 0 Å². The minimum absolute atomic E-state index is 0.324. The minimum atomic E-state index is 0.324. The van der Waals surface area contributed by atoms with Gasteiger partial charge in [-0.3, -0.25) is 4.90 Å². The van der Waals surface area contributed by atoms with Gasteiger partial charge in [0, 0.05) is 25.3 Å². The van der Waals surface area contributed by atoms with E-state index in [1.165, 1.54) is 12.8 Å². The highest BCUT2D eigenvalue weighted by Gasteiger charge is 2.16. The maximum atomic E-state index is 5.75. The zero-order valence-corrected chi connectivity index (χ0v) is 10.2. The quantitative estimate of drug-likeness (QED) is 0.806. The predicted molar refractivity (Wildman–Crippen MR) is 64.4 cm³/mol. The summed E-state index contributed by atoms with van der Waals surface area (Å²) < 4.78 is 0. The lowest BCUT2D eigenvalue weighted by Crippen LogP contribution is -2.35. The molecule has 1 aromatic rings. The van der Waals surface area contributed by atoms with Crippen LogP contribution in [0, 0.1) is 0 Å². The number of rotatable bonds is 4. The predicted octanol–water partition coefficient (Wildman–Crippen LogP) is 1.31. The number of hydrogen-bond donors (Lipinski definition) is 1. The molecule has 0 saturated carbocycles. The molecule has 1 aliphatic rings. The first-order valence-electron chi connectivity index (χ1n) is 5.63. The third-order valence-corrected chi connectivity index (χ3v) is 2.99. The summed E-state index contributed by atoms with van der Waals surface area (Å²) in [6.45, 7) is 3.03. The fourth-order valence-corrected chi connectivity index (χ4v) is 2.25. The zero-order chi connectivity index (χ0) is 11.4. The van der Waals surface area contributed by atoms with Gasteiger partial charge < -0.3 is 5.32 Å². The summed E-state index contributed by atoms with van der Waals surface area (Å²) in [5, 5.41) is 3.81. The molecule has 0 amide bonds. The molecule has 1 saturated heterocycles. The lowest BCUT2D eigenvalue weighted by molar-refractivity contribution is 0.290. The van der Waals surface area contributed by atoms with Gasteiger partial charge in [0.05, 0.1) is 5.69 Å². The standard InChI is InChI=1S/C11H17ClN4/c1-16(7-9-3-2-5-13-9)8-10-4-6-14-11(12)15-10/h4,6,9,13H,2-3,5,7-8H2,1H3. The minimum Gasteiger partial charge on any atom is -0.313 e. The molecule has 1 aromatic heterocycles. The van der Waals surface area contributed by atoms with Gasteiger partial charge in [0.2, 0.25) is 5.28 Å². The van der Waals surface area contributed by atoms with Crippen molar-refractivity contribution in [1.29, 1.82) is 0 Å². The van der Waals surface area contributed by atoms with E-state index < -0.39 is 0 Å². The smallest absolute Gasteiger partial charge is 0.222 e. The molecule has 2 heterocycles. The molecule has 88 valence electrons. The number of aromatic nitrogens is 2. The third kappa shape index (κ3) is 3.40. The van der Waals surface area contributed by atoms with Gasteiger partial charge in [-0.15, -0.1) is 0 Å². The summed E-state index contributed by atoms with van der Waals surface area (Å²) in [7, 11) is 2.11. The van der Waals surface area contributed by atoms with Crippen molar-refractivity contribution in [1.82, 2.24) is 20.2 Å². The van der Waals surface area contributed by atoms with Crippen LogP contribution in [0.5, 0.6) is 0 Å². The highest BCUT2D eigenvalue weighted by atomic mass is 35.5. The average Bonchev–Trinajstić information content (AvgIpc) is 2.70. The fourth-order valence-electron chi connectivity index (χ4n) is 2.09. The Kier molecular flexibility index (Phi) is 4.09. The van der Waals surface area contributed by atoms with E-state index >= 15 is 0 Å². The third-order valence-electron chi connectivity index (χ3n) is 2.81. The van der Waals surface area contributed by atoms with Crippen molar-refractivity contribution in [2.24, 2.45) is 0 Å². The van der Waals surface area contributed by atoms with Crippen molar-refractivity contribution < 1.29 is 0 Å². The molecule has 1 unspecified atom stereocenters. The first-order valence-corrected chi connectivity index (χ1v) is 6.01. The second-order valence-corrected chi connectivity index (χ2v) is 4.65. The van der Waals surface area contributed by atoms with Crippen LogP contribution in [0.4, 0.5) is 0 Å². The summed E-state index contributed by atoms with van der Waals surface area (Å²) in [4.78, 5) is 10.3. The lowest BCUT2D eigenvalue weighted by Gasteiger charge is -2.20. The molecule has 16 heavy (non-hydrogen) atoms. The number of nitrogens with zero attached hydrogens (tertiary/aromatic N) is 3. The Morgan fingerprint density at radius 1 is 1.62 bits per heavy atom. The van der Waals surface area contributed by atoms with E-state index in [0.717, 1.165) is 25.3 Å². The Morgan fingerprint density at radius 2 is 2.50 bits per heavy atom. The Bertz CT molecular complexity index is 339. The molecule has 1 fully saturated rings. The molecule has 1 N–H and O–H groups in total. The molecule has 0 aromatic carbocycles.